The van der Waals surface area contributed by atoms with E-state index in [-0.39, 0.29) is 13.1 Å². The van der Waals surface area contributed by atoms with Gasteiger partial charge >= 0.3 is 11.9 Å². The summed E-state index contributed by atoms with van der Waals surface area (Å²) in [6, 6.07) is 14.2. The highest BCUT2D eigenvalue weighted by Crippen LogP contribution is 2.33. The number of carbonyl (C=O) groups excluding carboxylic acids is 2. The molecule has 0 saturated carbocycles. The van der Waals surface area contributed by atoms with Crippen LogP contribution in [0.25, 0.3) is 0 Å². The Morgan fingerprint density at radius 3 is 1.79 bits per heavy atom. The van der Waals surface area contributed by atoms with Crippen molar-refractivity contribution in [3.05, 3.63) is 64.1 Å². The fraction of sp³-hybridized carbons (Fsp3) is 0.391. The number of methoxy groups -OCH3 is 4. The smallest absolute Gasteiger partial charge is 0.339 e. The molecule has 180 valence electrons. The molecule has 0 amide bonds. The SMILES string of the molecule is COC(=O)C(OC)c1cccc(Br)c1.COC(=O)C(OC)c1cccc(N2CC(F)(F)C2)c1. The third kappa shape index (κ3) is 7.21. The molecular weight excluding hydrogens is 504 g/mol. The van der Waals surface area contributed by atoms with Gasteiger partial charge < -0.3 is 23.8 Å². The maximum Gasteiger partial charge on any atom is 0.339 e. The molecule has 1 aliphatic heterocycles. The number of hydrogen-bond donors (Lipinski definition) is 0. The zero-order valence-electron chi connectivity index (χ0n) is 18.7. The molecule has 7 nitrogen and oxygen atoms in total. The summed E-state index contributed by atoms with van der Waals surface area (Å²) in [5.41, 5.74) is 2.00. The van der Waals surface area contributed by atoms with E-state index >= 15 is 0 Å². The quantitative estimate of drug-likeness (QED) is 0.494. The summed E-state index contributed by atoms with van der Waals surface area (Å²) in [6.45, 7) is -0.599. The number of rotatable bonds is 7. The molecular formula is C23H26BrF2NO6. The van der Waals surface area contributed by atoms with E-state index in [1.165, 1.54) is 28.4 Å². The molecule has 1 fully saturated rings. The van der Waals surface area contributed by atoms with Gasteiger partial charge in [0.05, 0.1) is 27.3 Å². The first-order valence-corrected chi connectivity index (χ1v) is 10.6. The minimum absolute atomic E-state index is 0.299. The van der Waals surface area contributed by atoms with Gasteiger partial charge in [-0.2, -0.15) is 0 Å². The van der Waals surface area contributed by atoms with Gasteiger partial charge in [-0.1, -0.05) is 40.2 Å². The molecule has 2 unspecified atom stereocenters. The van der Waals surface area contributed by atoms with E-state index in [0.717, 1.165) is 10.0 Å². The maximum atomic E-state index is 12.8. The first-order chi connectivity index (χ1) is 15.6. The Hall–Kier alpha value is -2.56. The predicted molar refractivity (Wildman–Crippen MR) is 121 cm³/mol. The molecule has 2 aromatic rings. The first kappa shape index (κ1) is 26.7. The summed E-state index contributed by atoms with van der Waals surface area (Å²) in [7, 11) is 5.48. The number of carbonyl (C=O) groups is 2. The zero-order valence-corrected chi connectivity index (χ0v) is 20.3. The van der Waals surface area contributed by atoms with Gasteiger partial charge in [0, 0.05) is 24.4 Å². The minimum Gasteiger partial charge on any atom is -0.467 e. The fourth-order valence-corrected chi connectivity index (χ4v) is 3.62. The molecule has 1 saturated heterocycles. The van der Waals surface area contributed by atoms with Crippen molar-refractivity contribution in [2.75, 3.05) is 46.4 Å². The Balaban J connectivity index is 0.000000245. The number of halogens is 3. The van der Waals surface area contributed by atoms with Gasteiger partial charge in [-0.25, -0.2) is 18.4 Å². The van der Waals surface area contributed by atoms with Crippen molar-refractivity contribution in [3.63, 3.8) is 0 Å². The molecule has 0 N–H and O–H groups in total. The van der Waals surface area contributed by atoms with Crippen molar-refractivity contribution in [1.82, 2.24) is 0 Å². The van der Waals surface area contributed by atoms with Gasteiger partial charge in [0.2, 0.25) is 0 Å². The number of benzene rings is 2. The van der Waals surface area contributed by atoms with Crippen LogP contribution in [-0.2, 0) is 28.5 Å². The fourth-order valence-electron chi connectivity index (χ4n) is 3.20. The van der Waals surface area contributed by atoms with Crippen LogP contribution in [-0.4, -0.2) is 59.4 Å². The first-order valence-electron chi connectivity index (χ1n) is 9.85. The Kier molecular flexibility index (Phi) is 9.75. The number of anilines is 1. The Morgan fingerprint density at radius 1 is 0.879 bits per heavy atom. The van der Waals surface area contributed by atoms with Crippen molar-refractivity contribution in [1.29, 1.82) is 0 Å². The summed E-state index contributed by atoms with van der Waals surface area (Å²) < 4.78 is 46.0. The van der Waals surface area contributed by atoms with Gasteiger partial charge in [-0.05, 0) is 35.4 Å². The van der Waals surface area contributed by atoms with Crippen LogP contribution in [0.2, 0.25) is 0 Å². The lowest BCUT2D eigenvalue weighted by Gasteiger charge is -2.40. The second-order valence-electron chi connectivity index (χ2n) is 7.14. The lowest BCUT2D eigenvalue weighted by Crippen LogP contribution is -2.56. The van der Waals surface area contributed by atoms with Crippen LogP contribution in [0.1, 0.15) is 23.3 Å². The highest BCUT2D eigenvalue weighted by Gasteiger charge is 2.44. The van der Waals surface area contributed by atoms with Crippen LogP contribution in [0.15, 0.2) is 53.0 Å². The lowest BCUT2D eigenvalue weighted by atomic mass is 10.0. The largest absolute Gasteiger partial charge is 0.467 e. The van der Waals surface area contributed by atoms with Gasteiger partial charge in [-0.3, -0.25) is 0 Å². The molecule has 2 atom stereocenters. The second kappa shape index (κ2) is 12.1. The molecule has 2 aromatic carbocycles. The summed E-state index contributed by atoms with van der Waals surface area (Å²) in [5.74, 6) is -3.54. The highest BCUT2D eigenvalue weighted by atomic mass is 79.9. The van der Waals surface area contributed by atoms with E-state index in [1.54, 1.807) is 29.2 Å². The third-order valence-corrected chi connectivity index (χ3v) is 5.33. The topological polar surface area (TPSA) is 74.3 Å². The molecule has 0 aromatic heterocycles. The van der Waals surface area contributed by atoms with Crippen molar-refractivity contribution in [3.8, 4) is 0 Å². The second-order valence-corrected chi connectivity index (χ2v) is 8.06. The van der Waals surface area contributed by atoms with Gasteiger partial charge in [0.1, 0.15) is 0 Å². The van der Waals surface area contributed by atoms with E-state index in [0.29, 0.717) is 11.3 Å². The maximum absolute atomic E-state index is 12.8. The van der Waals surface area contributed by atoms with Gasteiger partial charge in [0.25, 0.3) is 5.92 Å². The van der Waals surface area contributed by atoms with E-state index in [9.17, 15) is 18.4 Å². The Bertz CT molecular complexity index is 950. The van der Waals surface area contributed by atoms with Crippen molar-refractivity contribution in [2.45, 2.75) is 18.1 Å². The monoisotopic (exact) mass is 529 g/mol. The summed E-state index contributed by atoms with van der Waals surface area (Å²) in [4.78, 5) is 24.4. The lowest BCUT2D eigenvalue weighted by molar-refractivity contribution is -0.153. The molecule has 10 heteroatoms. The standard InChI is InChI=1S/C13H15F2NO3.C10H11BrO3/c1-18-11(12(17)19-2)9-4-3-5-10(6-9)16-7-13(14,15)8-16;1-13-9(10(12)14-2)7-4-3-5-8(11)6-7/h3-6,11H,7-8H2,1-2H3;3-6,9H,1-2H3. The molecule has 1 aliphatic rings. The van der Waals surface area contributed by atoms with E-state index in [1.807, 2.05) is 24.3 Å². The molecule has 0 spiro atoms. The number of ether oxygens (including phenoxy) is 4. The number of nitrogens with zero attached hydrogens (tertiary/aromatic N) is 1. The zero-order chi connectivity index (χ0) is 24.6. The number of alkyl halides is 2. The van der Waals surface area contributed by atoms with E-state index in [2.05, 4.69) is 25.4 Å². The van der Waals surface area contributed by atoms with Crippen molar-refractivity contribution >= 4 is 33.6 Å². The molecule has 0 aliphatic carbocycles. The minimum atomic E-state index is -2.63. The van der Waals surface area contributed by atoms with E-state index < -0.39 is 30.1 Å². The average Bonchev–Trinajstić information content (AvgIpc) is 2.78. The molecule has 33 heavy (non-hydrogen) atoms. The van der Waals surface area contributed by atoms with Crippen LogP contribution in [0.5, 0.6) is 0 Å². The van der Waals surface area contributed by atoms with Crippen molar-refractivity contribution < 1.29 is 37.3 Å². The molecule has 3 rings (SSSR count). The third-order valence-electron chi connectivity index (χ3n) is 4.84. The number of hydrogen-bond acceptors (Lipinski definition) is 7. The summed E-state index contributed by atoms with van der Waals surface area (Å²) in [6.07, 6.45) is -1.50. The Morgan fingerprint density at radius 2 is 1.36 bits per heavy atom. The van der Waals surface area contributed by atoms with Crippen LogP contribution in [0.3, 0.4) is 0 Å². The molecule has 1 heterocycles. The molecule has 0 bridgehead atoms. The normalized spacial score (nSPS) is 15.9. The van der Waals surface area contributed by atoms with Crippen LogP contribution >= 0.6 is 15.9 Å². The molecule has 0 radical (unpaired) electrons. The average molecular weight is 530 g/mol. The van der Waals surface area contributed by atoms with Gasteiger partial charge in [0.15, 0.2) is 12.2 Å². The number of esters is 2. The van der Waals surface area contributed by atoms with Crippen LogP contribution in [0, 0.1) is 0 Å². The highest BCUT2D eigenvalue weighted by molar-refractivity contribution is 9.10. The van der Waals surface area contributed by atoms with Crippen LogP contribution < -0.4 is 4.90 Å². The Labute approximate surface area is 199 Å². The van der Waals surface area contributed by atoms with Crippen molar-refractivity contribution in [2.24, 2.45) is 0 Å². The van der Waals surface area contributed by atoms with Gasteiger partial charge in [-0.15, -0.1) is 0 Å². The van der Waals surface area contributed by atoms with Crippen LogP contribution in [0.4, 0.5) is 14.5 Å². The summed E-state index contributed by atoms with van der Waals surface area (Å²) in [5, 5.41) is 0. The van der Waals surface area contributed by atoms with E-state index in [4.69, 9.17) is 9.47 Å². The summed E-state index contributed by atoms with van der Waals surface area (Å²) >= 11 is 3.32. The predicted octanol–water partition coefficient (Wildman–Crippen LogP) is 4.31.